The standard InChI is InChI=1S/C24H34N2O4/c1-18-16-21(19(2)26(18)12-7-14-28-3)24(27)25-13-10-20(17-25)11-15-30-23-9-6-5-8-22(23)29-4/h5-6,8-9,16,20H,7,10-15,17H2,1-4H3. The summed E-state index contributed by atoms with van der Waals surface area (Å²) in [6.07, 6.45) is 2.89. The Bertz CT molecular complexity index is 846. The van der Waals surface area contributed by atoms with Crippen molar-refractivity contribution in [3.8, 4) is 11.5 Å². The first-order valence-electron chi connectivity index (χ1n) is 10.8. The molecule has 1 saturated heterocycles. The molecule has 0 saturated carbocycles. The van der Waals surface area contributed by atoms with E-state index in [1.165, 1.54) is 0 Å². The number of hydrogen-bond donors (Lipinski definition) is 0. The van der Waals surface area contributed by atoms with E-state index in [4.69, 9.17) is 14.2 Å². The van der Waals surface area contributed by atoms with Gasteiger partial charge in [0.05, 0.1) is 19.3 Å². The van der Waals surface area contributed by atoms with Crippen molar-refractivity contribution < 1.29 is 19.0 Å². The van der Waals surface area contributed by atoms with Crippen LogP contribution in [0.5, 0.6) is 11.5 Å². The van der Waals surface area contributed by atoms with Crippen molar-refractivity contribution in [3.63, 3.8) is 0 Å². The molecule has 2 aromatic rings. The molecule has 1 amide bonds. The fourth-order valence-electron chi connectivity index (χ4n) is 4.23. The first-order valence-corrected chi connectivity index (χ1v) is 10.8. The van der Waals surface area contributed by atoms with Gasteiger partial charge in [0, 0.05) is 44.7 Å². The minimum Gasteiger partial charge on any atom is -0.493 e. The number of methoxy groups -OCH3 is 2. The van der Waals surface area contributed by atoms with Crippen molar-refractivity contribution >= 4 is 5.91 Å². The third kappa shape index (κ3) is 5.17. The molecule has 0 bridgehead atoms. The van der Waals surface area contributed by atoms with E-state index in [-0.39, 0.29) is 5.91 Å². The van der Waals surface area contributed by atoms with Crippen molar-refractivity contribution in [1.29, 1.82) is 0 Å². The van der Waals surface area contributed by atoms with Gasteiger partial charge in [0.1, 0.15) is 0 Å². The Balaban J connectivity index is 1.52. The molecule has 0 aliphatic carbocycles. The molecular formula is C24H34N2O4. The third-order valence-electron chi connectivity index (χ3n) is 5.96. The van der Waals surface area contributed by atoms with Gasteiger partial charge in [-0.15, -0.1) is 0 Å². The maximum atomic E-state index is 13.1. The van der Waals surface area contributed by atoms with Crippen LogP contribution in [0.2, 0.25) is 0 Å². The minimum absolute atomic E-state index is 0.147. The molecule has 1 unspecified atom stereocenters. The van der Waals surface area contributed by atoms with Gasteiger partial charge in [-0.1, -0.05) is 12.1 Å². The van der Waals surface area contributed by atoms with Gasteiger partial charge in [0.2, 0.25) is 0 Å². The fraction of sp³-hybridized carbons (Fsp3) is 0.542. The Morgan fingerprint density at radius 2 is 1.90 bits per heavy atom. The van der Waals surface area contributed by atoms with Crippen LogP contribution in [0.4, 0.5) is 0 Å². The lowest BCUT2D eigenvalue weighted by Crippen LogP contribution is -2.29. The minimum atomic E-state index is 0.147. The first-order chi connectivity index (χ1) is 14.5. The Labute approximate surface area is 179 Å². The van der Waals surface area contributed by atoms with E-state index in [9.17, 15) is 4.79 Å². The number of rotatable bonds is 10. The number of nitrogens with zero attached hydrogens (tertiary/aromatic N) is 2. The predicted molar refractivity (Wildman–Crippen MR) is 118 cm³/mol. The number of amides is 1. The van der Waals surface area contributed by atoms with Crippen molar-refractivity contribution in [3.05, 3.63) is 47.3 Å². The second-order valence-corrected chi connectivity index (χ2v) is 7.98. The van der Waals surface area contributed by atoms with Crippen LogP contribution in [0, 0.1) is 19.8 Å². The van der Waals surface area contributed by atoms with Gasteiger partial charge in [0.15, 0.2) is 11.5 Å². The second-order valence-electron chi connectivity index (χ2n) is 7.98. The van der Waals surface area contributed by atoms with Gasteiger partial charge in [-0.2, -0.15) is 0 Å². The van der Waals surface area contributed by atoms with E-state index in [0.29, 0.717) is 12.5 Å². The van der Waals surface area contributed by atoms with Crippen molar-refractivity contribution in [2.24, 2.45) is 5.92 Å². The lowest BCUT2D eigenvalue weighted by molar-refractivity contribution is 0.0784. The van der Waals surface area contributed by atoms with Gasteiger partial charge in [0.25, 0.3) is 5.91 Å². The highest BCUT2D eigenvalue weighted by molar-refractivity contribution is 5.95. The number of hydrogen-bond acceptors (Lipinski definition) is 4. The Morgan fingerprint density at radius 1 is 1.13 bits per heavy atom. The largest absolute Gasteiger partial charge is 0.493 e. The quantitative estimate of drug-likeness (QED) is 0.550. The van der Waals surface area contributed by atoms with Crippen LogP contribution in [0.3, 0.4) is 0 Å². The Hall–Kier alpha value is -2.47. The summed E-state index contributed by atoms with van der Waals surface area (Å²) in [4.78, 5) is 15.1. The first kappa shape index (κ1) is 22.2. The van der Waals surface area contributed by atoms with Crippen LogP contribution in [-0.4, -0.2) is 55.9 Å². The van der Waals surface area contributed by atoms with Crippen LogP contribution in [-0.2, 0) is 11.3 Å². The van der Waals surface area contributed by atoms with Crippen LogP contribution < -0.4 is 9.47 Å². The molecule has 2 heterocycles. The molecule has 1 aliphatic rings. The summed E-state index contributed by atoms with van der Waals surface area (Å²) < 4.78 is 18.6. The number of ether oxygens (including phenoxy) is 3. The van der Waals surface area contributed by atoms with Gasteiger partial charge in [-0.25, -0.2) is 0 Å². The van der Waals surface area contributed by atoms with E-state index in [1.807, 2.05) is 42.2 Å². The number of para-hydroxylation sites is 2. The average molecular weight is 415 g/mol. The Morgan fingerprint density at radius 3 is 2.63 bits per heavy atom. The number of carbonyl (C=O) groups excluding carboxylic acids is 1. The monoisotopic (exact) mass is 414 g/mol. The maximum Gasteiger partial charge on any atom is 0.255 e. The van der Waals surface area contributed by atoms with E-state index in [0.717, 1.165) is 74.0 Å². The Kier molecular flexibility index (Phi) is 7.80. The average Bonchev–Trinajstić information content (AvgIpc) is 3.33. The predicted octanol–water partition coefficient (Wildman–Crippen LogP) is 4.08. The molecule has 0 radical (unpaired) electrons. The summed E-state index contributed by atoms with van der Waals surface area (Å²) >= 11 is 0. The summed E-state index contributed by atoms with van der Waals surface area (Å²) in [6.45, 7) is 7.95. The molecule has 6 nitrogen and oxygen atoms in total. The van der Waals surface area contributed by atoms with Crippen LogP contribution in [0.15, 0.2) is 30.3 Å². The summed E-state index contributed by atoms with van der Waals surface area (Å²) in [6, 6.07) is 9.73. The molecule has 1 aliphatic heterocycles. The van der Waals surface area contributed by atoms with Crippen LogP contribution >= 0.6 is 0 Å². The molecule has 1 atom stereocenters. The topological polar surface area (TPSA) is 52.9 Å². The summed E-state index contributed by atoms with van der Waals surface area (Å²) in [5.41, 5.74) is 3.01. The summed E-state index contributed by atoms with van der Waals surface area (Å²) in [7, 11) is 3.37. The van der Waals surface area contributed by atoms with Crippen molar-refractivity contribution in [1.82, 2.24) is 9.47 Å². The maximum absolute atomic E-state index is 13.1. The normalized spacial score (nSPS) is 16.1. The number of aryl methyl sites for hydroxylation is 1. The highest BCUT2D eigenvalue weighted by Gasteiger charge is 2.29. The molecule has 0 spiro atoms. The van der Waals surface area contributed by atoms with Gasteiger partial charge in [-0.3, -0.25) is 4.79 Å². The lowest BCUT2D eigenvalue weighted by Gasteiger charge is -2.17. The van der Waals surface area contributed by atoms with Gasteiger partial charge < -0.3 is 23.7 Å². The highest BCUT2D eigenvalue weighted by Crippen LogP contribution is 2.28. The molecule has 1 aromatic heterocycles. The smallest absolute Gasteiger partial charge is 0.255 e. The summed E-state index contributed by atoms with van der Waals surface area (Å²) in [5, 5.41) is 0. The van der Waals surface area contributed by atoms with Crippen LogP contribution in [0.25, 0.3) is 0 Å². The number of aromatic nitrogens is 1. The number of likely N-dealkylation sites (tertiary alicyclic amines) is 1. The molecule has 164 valence electrons. The number of benzene rings is 1. The SMILES string of the molecule is COCCCn1c(C)cc(C(=O)N2CCC(CCOc3ccccc3OC)C2)c1C. The molecule has 1 fully saturated rings. The van der Waals surface area contributed by atoms with Gasteiger partial charge in [-0.05, 0) is 57.2 Å². The lowest BCUT2D eigenvalue weighted by atomic mass is 10.1. The molecule has 3 rings (SSSR count). The number of carbonyl (C=O) groups is 1. The van der Waals surface area contributed by atoms with Crippen molar-refractivity contribution in [2.45, 2.75) is 39.7 Å². The molecule has 1 aromatic carbocycles. The van der Waals surface area contributed by atoms with E-state index in [1.54, 1.807) is 14.2 Å². The van der Waals surface area contributed by atoms with E-state index >= 15 is 0 Å². The zero-order valence-corrected chi connectivity index (χ0v) is 18.6. The molecule has 0 N–H and O–H groups in total. The highest BCUT2D eigenvalue weighted by atomic mass is 16.5. The van der Waals surface area contributed by atoms with Gasteiger partial charge >= 0.3 is 0 Å². The second kappa shape index (κ2) is 10.5. The van der Waals surface area contributed by atoms with Crippen LogP contribution in [0.1, 0.15) is 41.0 Å². The molecular weight excluding hydrogens is 380 g/mol. The zero-order valence-electron chi connectivity index (χ0n) is 18.6. The zero-order chi connectivity index (χ0) is 21.5. The van der Waals surface area contributed by atoms with E-state index in [2.05, 4.69) is 11.5 Å². The summed E-state index contributed by atoms with van der Waals surface area (Å²) in [5.74, 6) is 2.14. The van der Waals surface area contributed by atoms with Crippen molar-refractivity contribution in [2.75, 3.05) is 40.5 Å². The third-order valence-corrected chi connectivity index (χ3v) is 5.96. The van der Waals surface area contributed by atoms with E-state index < -0.39 is 0 Å². The molecule has 6 heteroatoms. The fourth-order valence-corrected chi connectivity index (χ4v) is 4.23. The molecule has 30 heavy (non-hydrogen) atoms.